The van der Waals surface area contributed by atoms with E-state index in [1.54, 1.807) is 30.1 Å². The Hall–Kier alpha value is -0.780. The van der Waals surface area contributed by atoms with Crippen molar-refractivity contribution in [3.05, 3.63) is 40.1 Å². The van der Waals surface area contributed by atoms with Crippen molar-refractivity contribution < 1.29 is 4.74 Å². The van der Waals surface area contributed by atoms with Crippen LogP contribution in [0.15, 0.2) is 24.3 Å². The SMILES string of the molecule is CCCCN1C(=S)SC(C)(C)[C@H]1/[N+]([O-])=C/c1ccc(Cl)cc1. The van der Waals surface area contributed by atoms with E-state index in [0.29, 0.717) is 5.02 Å². The minimum absolute atomic E-state index is 0.241. The van der Waals surface area contributed by atoms with Crippen LogP contribution in [0, 0.1) is 5.21 Å². The van der Waals surface area contributed by atoms with Gasteiger partial charge in [-0.3, -0.25) is 4.90 Å². The molecule has 120 valence electrons. The predicted octanol–water partition coefficient (Wildman–Crippen LogP) is 4.51. The van der Waals surface area contributed by atoms with Gasteiger partial charge in [-0.25, -0.2) is 0 Å². The Labute approximate surface area is 146 Å². The van der Waals surface area contributed by atoms with Crippen molar-refractivity contribution in [1.82, 2.24) is 4.90 Å². The van der Waals surface area contributed by atoms with Crippen molar-refractivity contribution in [3.8, 4) is 0 Å². The molecule has 0 aliphatic carbocycles. The van der Waals surface area contributed by atoms with Gasteiger partial charge in [0.1, 0.15) is 9.07 Å². The highest BCUT2D eigenvalue weighted by Gasteiger charge is 2.50. The summed E-state index contributed by atoms with van der Waals surface area (Å²) in [5.41, 5.74) is 0.841. The number of thiocarbonyl (C=S) groups is 1. The maximum absolute atomic E-state index is 12.7. The molecule has 2 rings (SSSR count). The van der Waals surface area contributed by atoms with Crippen molar-refractivity contribution in [2.45, 2.75) is 44.5 Å². The van der Waals surface area contributed by atoms with Gasteiger partial charge in [-0.15, -0.1) is 0 Å². The summed E-state index contributed by atoms with van der Waals surface area (Å²) in [7, 11) is 0. The summed E-state index contributed by atoms with van der Waals surface area (Å²) in [6.07, 6.45) is 3.45. The number of nitrogens with zero attached hydrogens (tertiary/aromatic N) is 2. The highest BCUT2D eigenvalue weighted by molar-refractivity contribution is 8.24. The van der Waals surface area contributed by atoms with E-state index in [1.807, 2.05) is 12.1 Å². The second-order valence-corrected chi connectivity index (χ2v) is 8.66. The molecule has 0 aromatic heterocycles. The molecule has 1 aromatic rings. The topological polar surface area (TPSA) is 29.3 Å². The molecule has 22 heavy (non-hydrogen) atoms. The Bertz CT molecular complexity index is 572. The third-order valence-electron chi connectivity index (χ3n) is 3.64. The van der Waals surface area contributed by atoms with Crippen LogP contribution in [-0.2, 0) is 0 Å². The Morgan fingerprint density at radius 1 is 1.41 bits per heavy atom. The largest absolute Gasteiger partial charge is 0.622 e. The van der Waals surface area contributed by atoms with E-state index in [-0.39, 0.29) is 10.9 Å². The molecule has 0 N–H and O–H groups in total. The van der Waals surface area contributed by atoms with Crippen LogP contribution < -0.4 is 0 Å². The van der Waals surface area contributed by atoms with E-state index in [4.69, 9.17) is 23.8 Å². The number of thioether (sulfide) groups is 1. The van der Waals surface area contributed by atoms with Crippen molar-refractivity contribution >= 4 is 46.1 Å². The van der Waals surface area contributed by atoms with Crippen LogP contribution in [0.5, 0.6) is 0 Å². The molecular weight excluding hydrogens is 336 g/mol. The van der Waals surface area contributed by atoms with Crippen LogP contribution in [0.1, 0.15) is 39.2 Å². The van der Waals surface area contributed by atoms with E-state index in [2.05, 4.69) is 25.7 Å². The number of benzene rings is 1. The van der Waals surface area contributed by atoms with E-state index < -0.39 is 0 Å². The molecule has 6 heteroatoms. The fourth-order valence-corrected chi connectivity index (χ4v) is 4.62. The maximum Gasteiger partial charge on any atom is 0.254 e. The first-order valence-corrected chi connectivity index (χ1v) is 9.01. The quantitative estimate of drug-likeness (QED) is 0.255. The summed E-state index contributed by atoms with van der Waals surface area (Å²) >= 11 is 13.0. The molecule has 1 aliphatic rings. The van der Waals surface area contributed by atoms with Gasteiger partial charge in [-0.05, 0) is 44.5 Å². The molecule has 3 nitrogen and oxygen atoms in total. The Morgan fingerprint density at radius 3 is 2.64 bits per heavy atom. The fourth-order valence-electron chi connectivity index (χ4n) is 2.56. The van der Waals surface area contributed by atoms with Gasteiger partial charge in [0.2, 0.25) is 0 Å². The van der Waals surface area contributed by atoms with Crippen LogP contribution in [0.4, 0.5) is 0 Å². The van der Waals surface area contributed by atoms with Gasteiger partial charge in [0, 0.05) is 17.1 Å². The van der Waals surface area contributed by atoms with Crippen LogP contribution in [0.3, 0.4) is 0 Å². The molecule has 0 spiro atoms. The van der Waals surface area contributed by atoms with E-state index in [0.717, 1.165) is 34.0 Å². The monoisotopic (exact) mass is 356 g/mol. The molecule has 0 amide bonds. The normalized spacial score (nSPS) is 21.5. The van der Waals surface area contributed by atoms with Crippen molar-refractivity contribution in [2.24, 2.45) is 0 Å². The van der Waals surface area contributed by atoms with Crippen LogP contribution in [0.25, 0.3) is 0 Å². The summed E-state index contributed by atoms with van der Waals surface area (Å²) in [4.78, 5) is 2.06. The zero-order valence-corrected chi connectivity index (χ0v) is 15.5. The third kappa shape index (κ3) is 3.94. The second-order valence-electron chi connectivity index (χ2n) is 5.93. The van der Waals surface area contributed by atoms with Crippen molar-refractivity contribution in [2.75, 3.05) is 6.54 Å². The van der Waals surface area contributed by atoms with E-state index in [1.165, 1.54) is 0 Å². The summed E-state index contributed by atoms with van der Waals surface area (Å²) in [6, 6.07) is 7.26. The Kier molecular flexibility index (Phi) is 5.75. The lowest BCUT2D eigenvalue weighted by Crippen LogP contribution is -2.48. The first-order chi connectivity index (χ1) is 10.3. The summed E-state index contributed by atoms with van der Waals surface area (Å²) in [5, 5.41) is 13.4. The maximum atomic E-state index is 12.7. The first-order valence-electron chi connectivity index (χ1n) is 7.40. The van der Waals surface area contributed by atoms with E-state index in [9.17, 15) is 5.21 Å². The molecule has 0 unspecified atom stereocenters. The lowest BCUT2D eigenvalue weighted by molar-refractivity contribution is -0.523. The summed E-state index contributed by atoms with van der Waals surface area (Å²) in [5.74, 6) is 0. The molecule has 0 saturated carbocycles. The standard InChI is InChI=1S/C16H21ClN2OS2/c1-4-5-10-18-14(16(2,3)22-15(18)21)19(20)11-12-6-8-13(17)9-7-12/h6-9,11,14H,4-5,10H2,1-3H3/b19-11-/t14-/m1/s1. The molecular formula is C16H21ClN2OS2. The molecule has 1 atom stereocenters. The van der Waals surface area contributed by atoms with Gasteiger partial charge < -0.3 is 5.21 Å². The molecule has 1 fully saturated rings. The number of halogens is 1. The number of hydroxylamine groups is 1. The predicted molar refractivity (Wildman–Crippen MR) is 99.9 cm³/mol. The zero-order valence-electron chi connectivity index (χ0n) is 13.1. The fraction of sp³-hybridized carbons (Fsp3) is 0.500. The van der Waals surface area contributed by atoms with Crippen LogP contribution in [-0.4, -0.2) is 37.6 Å². The van der Waals surface area contributed by atoms with Gasteiger partial charge in [-0.1, -0.05) is 48.9 Å². The zero-order chi connectivity index (χ0) is 16.3. The number of hydrogen-bond donors (Lipinski definition) is 0. The van der Waals surface area contributed by atoms with Gasteiger partial charge in [0.15, 0.2) is 6.21 Å². The molecule has 1 aliphatic heterocycles. The first kappa shape index (κ1) is 17.6. The van der Waals surface area contributed by atoms with Crippen molar-refractivity contribution in [3.63, 3.8) is 0 Å². The second kappa shape index (κ2) is 7.20. The van der Waals surface area contributed by atoms with Crippen LogP contribution >= 0.6 is 35.6 Å². The average Bonchev–Trinajstić information content (AvgIpc) is 2.67. The molecule has 1 saturated heterocycles. The smallest absolute Gasteiger partial charge is 0.254 e. The molecule has 1 aromatic carbocycles. The number of unbranched alkanes of at least 4 members (excludes halogenated alkanes) is 1. The highest BCUT2D eigenvalue weighted by Crippen LogP contribution is 2.41. The molecule has 1 heterocycles. The van der Waals surface area contributed by atoms with Gasteiger partial charge in [0.25, 0.3) is 6.17 Å². The van der Waals surface area contributed by atoms with Gasteiger partial charge >= 0.3 is 0 Å². The minimum atomic E-state index is -0.285. The Morgan fingerprint density at radius 2 is 2.05 bits per heavy atom. The van der Waals surface area contributed by atoms with Gasteiger partial charge in [0.05, 0.1) is 0 Å². The summed E-state index contributed by atoms with van der Waals surface area (Å²) < 4.78 is 1.61. The molecule has 0 radical (unpaired) electrons. The molecule has 0 bridgehead atoms. The minimum Gasteiger partial charge on any atom is -0.622 e. The lowest BCUT2D eigenvalue weighted by Gasteiger charge is -2.29. The van der Waals surface area contributed by atoms with Gasteiger partial charge in [-0.2, -0.15) is 4.74 Å². The third-order valence-corrected chi connectivity index (χ3v) is 5.52. The Balaban J connectivity index is 2.28. The number of hydrogen-bond acceptors (Lipinski definition) is 3. The van der Waals surface area contributed by atoms with Crippen LogP contribution in [0.2, 0.25) is 5.02 Å². The number of rotatable bonds is 5. The van der Waals surface area contributed by atoms with Crippen molar-refractivity contribution in [1.29, 1.82) is 0 Å². The lowest BCUT2D eigenvalue weighted by atomic mass is 10.1. The summed E-state index contributed by atoms with van der Waals surface area (Å²) in [6.45, 7) is 7.10. The average molecular weight is 357 g/mol. The highest BCUT2D eigenvalue weighted by atomic mass is 35.5. The van der Waals surface area contributed by atoms with E-state index >= 15 is 0 Å².